The molecule has 0 fully saturated rings. The number of halogens is 3. The Morgan fingerprint density at radius 1 is 0.513 bits per heavy atom. The molecule has 0 heterocycles. The first-order chi connectivity index (χ1) is 17.1. The minimum absolute atomic E-state index is 0. The van der Waals surface area contributed by atoms with Crippen LogP contribution in [0.5, 0.6) is 0 Å². The Labute approximate surface area is 265 Å². The van der Waals surface area contributed by atoms with Gasteiger partial charge in [-0.15, -0.1) is 0 Å². The molecule has 1 atom stereocenters. The molecule has 5 rings (SSSR count). The number of aryl methyl sites for hydroxylation is 6. The van der Waals surface area contributed by atoms with Crippen LogP contribution in [0.25, 0.3) is 3.88 Å². The van der Waals surface area contributed by atoms with E-state index in [1.54, 1.807) is 0 Å². The molecule has 0 radical (unpaired) electrons. The second-order valence-corrected chi connectivity index (χ2v) is 11.8. The topological polar surface area (TPSA) is 0 Å². The zero-order chi connectivity index (χ0) is 25.8. The SMILES string of the molecule is CC1=[C]([Ti+3])c2ccccc2C1C(c1cc(C)cc(C)c1)(c1cc(C)cc(C)c1)c1cc(C)cc(C)c1.[Cl-].[Cl-].[Cl-]. The van der Waals surface area contributed by atoms with Crippen molar-refractivity contribution in [2.75, 3.05) is 0 Å². The van der Waals surface area contributed by atoms with E-state index in [0.29, 0.717) is 0 Å². The van der Waals surface area contributed by atoms with Crippen molar-refractivity contribution in [1.29, 1.82) is 0 Å². The van der Waals surface area contributed by atoms with Crippen LogP contribution < -0.4 is 37.2 Å². The average molecular weight is 610 g/mol. The van der Waals surface area contributed by atoms with Crippen molar-refractivity contribution < 1.29 is 57.7 Å². The van der Waals surface area contributed by atoms with Crippen molar-refractivity contribution in [3.05, 3.63) is 146 Å². The van der Waals surface area contributed by atoms with Crippen molar-refractivity contribution in [3.8, 4) is 0 Å². The van der Waals surface area contributed by atoms with Gasteiger partial charge in [0.15, 0.2) is 0 Å². The van der Waals surface area contributed by atoms with Crippen LogP contribution in [0.3, 0.4) is 0 Å². The summed E-state index contributed by atoms with van der Waals surface area (Å²) in [6.07, 6.45) is 0. The largest absolute Gasteiger partial charge is 1.00 e. The van der Waals surface area contributed by atoms with Crippen LogP contribution >= 0.6 is 0 Å². The molecule has 4 heteroatoms. The molecule has 4 aromatic rings. The molecule has 0 N–H and O–H groups in total. The molecule has 0 amide bonds. The Morgan fingerprint density at radius 2 is 0.846 bits per heavy atom. The first kappa shape index (κ1) is 33.4. The predicted octanol–water partition coefficient (Wildman–Crippen LogP) is -0.0413. The molecule has 0 nitrogen and oxygen atoms in total. The van der Waals surface area contributed by atoms with Crippen molar-refractivity contribution in [3.63, 3.8) is 0 Å². The van der Waals surface area contributed by atoms with Gasteiger partial charge < -0.3 is 37.2 Å². The van der Waals surface area contributed by atoms with E-state index >= 15 is 0 Å². The van der Waals surface area contributed by atoms with E-state index in [1.807, 2.05) is 0 Å². The van der Waals surface area contributed by atoms with Gasteiger partial charge in [-0.25, -0.2) is 0 Å². The number of benzene rings is 4. The van der Waals surface area contributed by atoms with Gasteiger partial charge in [-0.3, -0.25) is 0 Å². The summed E-state index contributed by atoms with van der Waals surface area (Å²) in [4.78, 5) is 0. The predicted molar refractivity (Wildman–Crippen MR) is 149 cm³/mol. The molecule has 39 heavy (non-hydrogen) atoms. The molecule has 1 aliphatic rings. The van der Waals surface area contributed by atoms with E-state index in [0.717, 1.165) is 0 Å². The van der Waals surface area contributed by atoms with Gasteiger partial charge in [-0.2, -0.15) is 0 Å². The van der Waals surface area contributed by atoms with Gasteiger partial charge in [-0.1, -0.05) is 0 Å². The standard InChI is InChI=1S/C35H35.3ClH.Ti/c1-22-12-23(2)16-30(15-22)35(31-17-24(3)13-25(4)18-31,32-19-26(5)14-27(6)20-32)34-28(7)21-29-10-8-9-11-33(29)34;;;;/h8-20,34H,1-7H3;3*1H;/q;;;;+3/p-3. The quantitative estimate of drug-likeness (QED) is 0.225. The zero-order valence-electron chi connectivity index (χ0n) is 23.7. The summed E-state index contributed by atoms with van der Waals surface area (Å²) < 4.78 is 1.41. The van der Waals surface area contributed by atoms with Crippen LogP contribution in [0.2, 0.25) is 0 Å². The third kappa shape index (κ3) is 5.83. The summed E-state index contributed by atoms with van der Waals surface area (Å²) in [7, 11) is 0. The van der Waals surface area contributed by atoms with Gasteiger partial charge in [0, 0.05) is 0 Å². The van der Waals surface area contributed by atoms with Gasteiger partial charge in [-0.05, 0) is 0 Å². The van der Waals surface area contributed by atoms with E-state index in [4.69, 9.17) is 0 Å². The van der Waals surface area contributed by atoms with E-state index in [1.165, 1.54) is 70.6 Å². The van der Waals surface area contributed by atoms with Crippen LogP contribution in [-0.4, -0.2) is 0 Å². The smallest absolute Gasteiger partial charge is 1.00 e. The molecule has 1 aliphatic carbocycles. The summed E-state index contributed by atoms with van der Waals surface area (Å²) in [5, 5.41) is 0. The summed E-state index contributed by atoms with van der Waals surface area (Å²) in [6.45, 7) is 15.8. The van der Waals surface area contributed by atoms with Crippen LogP contribution in [0.1, 0.15) is 74.0 Å². The minimum atomic E-state index is -0.359. The Kier molecular flexibility index (Phi) is 11.0. The maximum absolute atomic E-state index is 2.44. The van der Waals surface area contributed by atoms with Crippen molar-refractivity contribution >= 4 is 3.88 Å². The Hall–Kier alpha value is -1.80. The number of hydrogen-bond acceptors (Lipinski definition) is 0. The van der Waals surface area contributed by atoms with Gasteiger partial charge in [0.25, 0.3) is 0 Å². The molecule has 0 bridgehead atoms. The van der Waals surface area contributed by atoms with Crippen LogP contribution in [0.15, 0.2) is 84.4 Å². The fraction of sp³-hybridized carbons (Fsp3) is 0.257. The minimum Gasteiger partial charge on any atom is -1.00 e. The fourth-order valence-corrected chi connectivity index (χ4v) is 7.31. The second-order valence-electron chi connectivity index (χ2n) is 11.0. The fourth-order valence-electron chi connectivity index (χ4n) is 6.73. The number of hydrogen-bond donors (Lipinski definition) is 0. The number of fused-ring (bicyclic) bond motifs is 1. The molecule has 0 aliphatic heterocycles. The summed E-state index contributed by atoms with van der Waals surface area (Å²) in [6, 6.07) is 30.6. The van der Waals surface area contributed by atoms with Crippen LogP contribution in [-0.2, 0) is 25.9 Å². The Morgan fingerprint density at radius 3 is 1.21 bits per heavy atom. The summed E-state index contributed by atoms with van der Waals surface area (Å²) >= 11 is 2.31. The molecular formula is C35H35Cl3Ti. The van der Waals surface area contributed by atoms with Crippen molar-refractivity contribution in [2.45, 2.75) is 59.8 Å². The van der Waals surface area contributed by atoms with Gasteiger partial charge >= 0.3 is 230 Å². The van der Waals surface area contributed by atoms with Gasteiger partial charge in [0.2, 0.25) is 0 Å². The molecule has 1 unspecified atom stereocenters. The normalized spacial score (nSPS) is 14.2. The zero-order valence-corrected chi connectivity index (χ0v) is 27.5. The first-order valence-corrected chi connectivity index (χ1v) is 13.7. The van der Waals surface area contributed by atoms with E-state index < -0.39 is 0 Å². The number of rotatable bonds is 4. The molecule has 4 aromatic carbocycles. The monoisotopic (exact) mass is 608 g/mol. The second kappa shape index (κ2) is 12.8. The van der Waals surface area contributed by atoms with E-state index in [-0.39, 0.29) is 48.6 Å². The molecule has 0 saturated carbocycles. The van der Waals surface area contributed by atoms with Crippen molar-refractivity contribution in [1.82, 2.24) is 0 Å². The molecule has 0 saturated heterocycles. The molecular weight excluding hydrogens is 575 g/mol. The van der Waals surface area contributed by atoms with Gasteiger partial charge in [0.05, 0.1) is 0 Å². The summed E-state index contributed by atoms with van der Waals surface area (Å²) in [5.41, 5.74) is 15.9. The molecule has 0 aromatic heterocycles. The van der Waals surface area contributed by atoms with Crippen molar-refractivity contribution in [2.24, 2.45) is 0 Å². The average Bonchev–Trinajstić information content (AvgIpc) is 3.04. The molecule has 200 valence electrons. The van der Waals surface area contributed by atoms with Gasteiger partial charge in [0.1, 0.15) is 0 Å². The summed E-state index contributed by atoms with van der Waals surface area (Å²) in [5.74, 6) is 0.206. The Bertz CT molecular complexity index is 1350. The third-order valence-electron chi connectivity index (χ3n) is 7.83. The van der Waals surface area contributed by atoms with E-state index in [9.17, 15) is 0 Å². The maximum Gasteiger partial charge on any atom is -1.00 e. The maximum atomic E-state index is 2.44. The third-order valence-corrected chi connectivity index (χ3v) is 8.87. The molecule has 0 spiro atoms. The van der Waals surface area contributed by atoms with E-state index in [2.05, 4.69) is 148 Å². The number of allylic oxidation sites excluding steroid dienone is 1. The first-order valence-electron chi connectivity index (χ1n) is 12.9. The van der Waals surface area contributed by atoms with Crippen LogP contribution in [0.4, 0.5) is 0 Å². The van der Waals surface area contributed by atoms with Crippen LogP contribution in [0, 0.1) is 41.5 Å². The Balaban J connectivity index is 0.00000178.